The van der Waals surface area contributed by atoms with Gasteiger partial charge in [0, 0.05) is 18.8 Å². The highest BCUT2D eigenvalue weighted by atomic mass is 16.5. The second-order valence-corrected chi connectivity index (χ2v) is 7.60. The Morgan fingerprint density at radius 3 is 1.53 bits per heavy atom. The summed E-state index contributed by atoms with van der Waals surface area (Å²) in [6, 6.07) is 33.1. The van der Waals surface area contributed by atoms with E-state index in [1.165, 1.54) is 25.3 Å². The van der Waals surface area contributed by atoms with Crippen LogP contribution in [0.2, 0.25) is 0 Å². The molecule has 0 saturated carbocycles. The first-order valence-corrected chi connectivity index (χ1v) is 10.6. The molecule has 1 N–H and O–H groups in total. The second-order valence-electron chi connectivity index (χ2n) is 7.60. The molecular weight excluding hydrogens is 398 g/mol. The van der Waals surface area contributed by atoms with E-state index in [-0.39, 0.29) is 5.75 Å². The fourth-order valence-corrected chi connectivity index (χ4v) is 3.77. The van der Waals surface area contributed by atoms with Crippen LogP contribution in [0.3, 0.4) is 0 Å². The predicted molar refractivity (Wildman–Crippen MR) is 129 cm³/mol. The quantitative estimate of drug-likeness (QED) is 0.361. The Bertz CT molecular complexity index is 1080. The number of nitrogens with zero attached hydrogens (tertiary/aromatic N) is 1. The van der Waals surface area contributed by atoms with Crippen molar-refractivity contribution >= 4 is 5.69 Å². The molecule has 0 radical (unpaired) electrons. The summed E-state index contributed by atoms with van der Waals surface area (Å²) >= 11 is 0. The summed E-state index contributed by atoms with van der Waals surface area (Å²) in [6.45, 7) is 1.63. The van der Waals surface area contributed by atoms with E-state index in [1.807, 2.05) is 24.3 Å². The van der Waals surface area contributed by atoms with E-state index in [2.05, 4.69) is 77.7 Å². The average Bonchev–Trinajstić information content (AvgIpc) is 2.85. The van der Waals surface area contributed by atoms with E-state index in [9.17, 15) is 5.11 Å². The SMILES string of the molecule is COc1cc(-c2ccc(N(Cc3ccccc3)Cc3ccccc3)cc2)cc(OC)c1O. The van der Waals surface area contributed by atoms with Crippen LogP contribution in [-0.2, 0) is 13.1 Å². The molecule has 0 spiro atoms. The summed E-state index contributed by atoms with van der Waals surface area (Å²) in [6.07, 6.45) is 0. The second kappa shape index (κ2) is 9.92. The van der Waals surface area contributed by atoms with Gasteiger partial charge in [0.1, 0.15) is 0 Å². The van der Waals surface area contributed by atoms with Crippen LogP contribution in [0.25, 0.3) is 11.1 Å². The van der Waals surface area contributed by atoms with E-state index in [0.717, 1.165) is 29.9 Å². The van der Waals surface area contributed by atoms with Crippen molar-refractivity contribution < 1.29 is 14.6 Å². The minimum Gasteiger partial charge on any atom is -0.502 e. The van der Waals surface area contributed by atoms with Crippen LogP contribution in [0.5, 0.6) is 17.2 Å². The number of methoxy groups -OCH3 is 2. The zero-order valence-electron chi connectivity index (χ0n) is 18.4. The normalized spacial score (nSPS) is 10.6. The first kappa shape index (κ1) is 21.3. The van der Waals surface area contributed by atoms with Gasteiger partial charge in [0.25, 0.3) is 0 Å². The van der Waals surface area contributed by atoms with Crippen LogP contribution in [0.15, 0.2) is 97.1 Å². The van der Waals surface area contributed by atoms with Crippen molar-refractivity contribution in [1.29, 1.82) is 0 Å². The zero-order chi connectivity index (χ0) is 22.3. The number of phenolic OH excluding ortho intramolecular Hbond substituents is 1. The third-order valence-electron chi connectivity index (χ3n) is 5.48. The largest absolute Gasteiger partial charge is 0.502 e. The van der Waals surface area contributed by atoms with Crippen molar-refractivity contribution in [2.75, 3.05) is 19.1 Å². The summed E-state index contributed by atoms with van der Waals surface area (Å²) in [5, 5.41) is 10.2. The molecule has 0 aromatic heterocycles. The Hall–Kier alpha value is -3.92. The molecule has 4 heteroatoms. The van der Waals surface area contributed by atoms with Gasteiger partial charge in [0.15, 0.2) is 11.5 Å². The van der Waals surface area contributed by atoms with Crippen molar-refractivity contribution in [3.05, 3.63) is 108 Å². The maximum Gasteiger partial charge on any atom is 0.200 e. The molecule has 4 aromatic carbocycles. The van der Waals surface area contributed by atoms with E-state index in [1.54, 1.807) is 0 Å². The van der Waals surface area contributed by atoms with E-state index >= 15 is 0 Å². The Morgan fingerprint density at radius 1 is 0.625 bits per heavy atom. The van der Waals surface area contributed by atoms with Gasteiger partial charge in [-0.15, -0.1) is 0 Å². The van der Waals surface area contributed by atoms with Gasteiger partial charge in [0.2, 0.25) is 5.75 Å². The molecule has 0 amide bonds. The van der Waals surface area contributed by atoms with Crippen LogP contribution < -0.4 is 14.4 Å². The van der Waals surface area contributed by atoms with Crippen LogP contribution in [0.4, 0.5) is 5.69 Å². The Morgan fingerprint density at radius 2 is 1.09 bits per heavy atom. The first-order chi connectivity index (χ1) is 15.7. The molecule has 0 unspecified atom stereocenters. The lowest BCUT2D eigenvalue weighted by molar-refractivity contribution is 0.340. The predicted octanol–water partition coefficient (Wildman–Crippen LogP) is 6.28. The summed E-state index contributed by atoms with van der Waals surface area (Å²) in [4.78, 5) is 2.37. The van der Waals surface area contributed by atoms with Gasteiger partial charge in [-0.05, 0) is 46.5 Å². The molecule has 162 valence electrons. The molecule has 0 aliphatic rings. The molecule has 0 bridgehead atoms. The lowest BCUT2D eigenvalue weighted by atomic mass is 10.0. The molecule has 0 heterocycles. The van der Waals surface area contributed by atoms with Gasteiger partial charge >= 0.3 is 0 Å². The minimum atomic E-state index is 0.00673. The zero-order valence-corrected chi connectivity index (χ0v) is 18.4. The van der Waals surface area contributed by atoms with Crippen LogP contribution in [0.1, 0.15) is 11.1 Å². The number of ether oxygens (including phenoxy) is 2. The molecular formula is C28H27NO3. The summed E-state index contributed by atoms with van der Waals surface area (Å²) < 4.78 is 10.6. The van der Waals surface area contributed by atoms with E-state index < -0.39 is 0 Å². The Kier molecular flexibility index (Phi) is 6.61. The topological polar surface area (TPSA) is 41.9 Å². The highest BCUT2D eigenvalue weighted by Gasteiger charge is 2.13. The Balaban J connectivity index is 1.64. The van der Waals surface area contributed by atoms with Gasteiger partial charge in [-0.1, -0.05) is 72.8 Å². The average molecular weight is 426 g/mol. The van der Waals surface area contributed by atoms with Gasteiger partial charge in [-0.25, -0.2) is 0 Å². The number of aromatic hydroxyl groups is 1. The molecule has 0 saturated heterocycles. The molecule has 4 rings (SSSR count). The maximum absolute atomic E-state index is 10.2. The Labute approximate surface area is 189 Å². The van der Waals surface area contributed by atoms with Crippen molar-refractivity contribution in [3.8, 4) is 28.4 Å². The number of hydrogen-bond donors (Lipinski definition) is 1. The third kappa shape index (κ3) is 4.86. The minimum absolute atomic E-state index is 0.00673. The number of rotatable bonds is 8. The third-order valence-corrected chi connectivity index (χ3v) is 5.48. The van der Waals surface area contributed by atoms with Crippen LogP contribution in [0, 0.1) is 0 Å². The van der Waals surface area contributed by atoms with Crippen molar-refractivity contribution in [3.63, 3.8) is 0 Å². The number of phenols is 1. The van der Waals surface area contributed by atoms with Crippen LogP contribution in [-0.4, -0.2) is 19.3 Å². The monoisotopic (exact) mass is 425 g/mol. The van der Waals surface area contributed by atoms with Crippen molar-refractivity contribution in [1.82, 2.24) is 0 Å². The van der Waals surface area contributed by atoms with Crippen molar-refractivity contribution in [2.24, 2.45) is 0 Å². The lowest BCUT2D eigenvalue weighted by Crippen LogP contribution is -2.22. The molecule has 32 heavy (non-hydrogen) atoms. The summed E-state index contributed by atoms with van der Waals surface area (Å²) in [5.74, 6) is 0.781. The molecule has 0 atom stereocenters. The molecule has 0 aliphatic carbocycles. The van der Waals surface area contributed by atoms with Gasteiger partial charge in [-0.3, -0.25) is 0 Å². The molecule has 0 fully saturated rings. The fraction of sp³-hybridized carbons (Fsp3) is 0.143. The first-order valence-electron chi connectivity index (χ1n) is 10.6. The molecule has 4 aromatic rings. The van der Waals surface area contributed by atoms with Gasteiger partial charge < -0.3 is 19.5 Å². The number of benzene rings is 4. The molecule has 0 aliphatic heterocycles. The summed E-state index contributed by atoms with van der Waals surface area (Å²) in [5.41, 5.74) is 5.60. The van der Waals surface area contributed by atoms with E-state index in [4.69, 9.17) is 9.47 Å². The van der Waals surface area contributed by atoms with Gasteiger partial charge in [0.05, 0.1) is 14.2 Å². The highest BCUT2D eigenvalue weighted by Crippen LogP contribution is 2.40. The standard InChI is InChI=1S/C28H27NO3/c1-31-26-17-24(18-27(32-2)28(26)30)23-13-15-25(16-14-23)29(19-21-9-5-3-6-10-21)20-22-11-7-4-8-12-22/h3-18,30H,19-20H2,1-2H3. The van der Waals surface area contributed by atoms with Crippen molar-refractivity contribution in [2.45, 2.75) is 13.1 Å². The number of anilines is 1. The highest BCUT2D eigenvalue weighted by molar-refractivity contribution is 5.72. The molecule has 4 nitrogen and oxygen atoms in total. The smallest absolute Gasteiger partial charge is 0.200 e. The maximum atomic E-state index is 10.2. The lowest BCUT2D eigenvalue weighted by Gasteiger charge is -2.25. The van der Waals surface area contributed by atoms with E-state index in [0.29, 0.717) is 11.5 Å². The number of hydrogen-bond acceptors (Lipinski definition) is 4. The summed E-state index contributed by atoms with van der Waals surface area (Å²) in [7, 11) is 3.07. The van der Waals surface area contributed by atoms with Gasteiger partial charge in [-0.2, -0.15) is 0 Å². The fourth-order valence-electron chi connectivity index (χ4n) is 3.77. The van der Waals surface area contributed by atoms with Crippen LogP contribution >= 0.6 is 0 Å².